The summed E-state index contributed by atoms with van der Waals surface area (Å²) in [5.74, 6) is 0.507. The first-order valence-corrected chi connectivity index (χ1v) is 9.25. The van der Waals surface area contributed by atoms with Gasteiger partial charge in [-0.2, -0.15) is 5.10 Å². The number of nitrogens with zero attached hydrogens (tertiary/aromatic N) is 3. The lowest BCUT2D eigenvalue weighted by Gasteiger charge is -2.31. The van der Waals surface area contributed by atoms with Gasteiger partial charge < -0.3 is 5.32 Å². The Morgan fingerprint density at radius 2 is 1.96 bits per heavy atom. The van der Waals surface area contributed by atoms with Crippen LogP contribution in [0.3, 0.4) is 0 Å². The molecular weight excluding hydrogens is 338 g/mol. The molecular formula is C21H23N5O. The molecule has 2 heterocycles. The Morgan fingerprint density at radius 1 is 1.19 bits per heavy atom. The topological polar surface area (TPSA) is 73.9 Å². The van der Waals surface area contributed by atoms with Crippen molar-refractivity contribution in [2.45, 2.75) is 25.9 Å². The number of hydrogen-bond acceptors (Lipinski definition) is 4. The third-order valence-corrected chi connectivity index (χ3v) is 4.96. The molecule has 6 heteroatoms. The van der Waals surface area contributed by atoms with E-state index in [0.717, 1.165) is 31.6 Å². The molecule has 3 aromatic rings. The van der Waals surface area contributed by atoms with Crippen LogP contribution >= 0.6 is 0 Å². The number of aromatic amines is 1. The summed E-state index contributed by atoms with van der Waals surface area (Å²) in [5, 5.41) is 9.84. The molecule has 0 spiro atoms. The van der Waals surface area contributed by atoms with Crippen LogP contribution in [0.2, 0.25) is 0 Å². The number of rotatable bonds is 5. The Bertz CT molecular complexity index is 922. The second-order valence-electron chi connectivity index (χ2n) is 7.01. The van der Waals surface area contributed by atoms with E-state index < -0.39 is 0 Å². The maximum atomic E-state index is 12.8. The summed E-state index contributed by atoms with van der Waals surface area (Å²) in [5.41, 5.74) is 4.18. The van der Waals surface area contributed by atoms with Gasteiger partial charge >= 0.3 is 0 Å². The van der Waals surface area contributed by atoms with E-state index >= 15 is 0 Å². The molecule has 0 unspecified atom stereocenters. The maximum absolute atomic E-state index is 12.8. The van der Waals surface area contributed by atoms with Crippen molar-refractivity contribution in [2.24, 2.45) is 0 Å². The third-order valence-electron chi connectivity index (χ3n) is 4.96. The summed E-state index contributed by atoms with van der Waals surface area (Å²) >= 11 is 0. The highest BCUT2D eigenvalue weighted by atomic mass is 16.1. The average Bonchev–Trinajstić information content (AvgIpc) is 3.22. The number of carbonyl (C=O) groups is 1. The SMILES string of the molecule is C[C@@H](CN1CCc2ccccc2C1)NC(=O)c1ccccc1-c1ncn[nH]1. The molecule has 1 aromatic heterocycles. The fraction of sp³-hybridized carbons (Fsp3) is 0.286. The molecule has 4 rings (SSSR count). The van der Waals surface area contributed by atoms with Gasteiger partial charge in [0.15, 0.2) is 5.82 Å². The summed E-state index contributed by atoms with van der Waals surface area (Å²) < 4.78 is 0. The zero-order chi connectivity index (χ0) is 18.6. The largest absolute Gasteiger partial charge is 0.348 e. The van der Waals surface area contributed by atoms with Crippen LogP contribution in [0.4, 0.5) is 0 Å². The van der Waals surface area contributed by atoms with Crippen molar-refractivity contribution in [3.05, 3.63) is 71.5 Å². The molecule has 1 amide bonds. The van der Waals surface area contributed by atoms with Gasteiger partial charge in [-0.3, -0.25) is 14.8 Å². The lowest BCUT2D eigenvalue weighted by molar-refractivity contribution is 0.0927. The highest BCUT2D eigenvalue weighted by Crippen LogP contribution is 2.20. The van der Waals surface area contributed by atoms with Crippen molar-refractivity contribution < 1.29 is 4.79 Å². The van der Waals surface area contributed by atoms with Crippen LogP contribution in [0.1, 0.15) is 28.4 Å². The fourth-order valence-electron chi connectivity index (χ4n) is 3.67. The van der Waals surface area contributed by atoms with E-state index in [2.05, 4.69) is 56.6 Å². The van der Waals surface area contributed by atoms with E-state index in [0.29, 0.717) is 11.4 Å². The fourth-order valence-corrected chi connectivity index (χ4v) is 3.67. The van der Waals surface area contributed by atoms with Gasteiger partial charge in [-0.15, -0.1) is 0 Å². The van der Waals surface area contributed by atoms with Gasteiger partial charge in [0.2, 0.25) is 0 Å². The summed E-state index contributed by atoms with van der Waals surface area (Å²) in [4.78, 5) is 19.4. The third kappa shape index (κ3) is 3.90. The van der Waals surface area contributed by atoms with Gasteiger partial charge in [-0.1, -0.05) is 42.5 Å². The second-order valence-corrected chi connectivity index (χ2v) is 7.01. The lowest BCUT2D eigenvalue weighted by Crippen LogP contribution is -2.43. The van der Waals surface area contributed by atoms with E-state index in [4.69, 9.17) is 0 Å². The number of nitrogens with one attached hydrogen (secondary N) is 2. The van der Waals surface area contributed by atoms with Crippen LogP contribution in [-0.2, 0) is 13.0 Å². The van der Waals surface area contributed by atoms with Crippen LogP contribution < -0.4 is 5.32 Å². The summed E-state index contributed by atoms with van der Waals surface area (Å²) in [6, 6.07) is 16.1. The van der Waals surface area contributed by atoms with Gasteiger partial charge in [0, 0.05) is 31.2 Å². The van der Waals surface area contributed by atoms with Gasteiger partial charge in [0.25, 0.3) is 5.91 Å². The zero-order valence-corrected chi connectivity index (χ0v) is 15.4. The highest BCUT2D eigenvalue weighted by molar-refractivity contribution is 6.00. The molecule has 2 N–H and O–H groups in total. The van der Waals surface area contributed by atoms with E-state index in [1.165, 1.54) is 17.5 Å². The average molecular weight is 361 g/mol. The van der Waals surface area contributed by atoms with Gasteiger partial charge in [-0.25, -0.2) is 4.98 Å². The normalized spacial score (nSPS) is 15.1. The number of carbonyl (C=O) groups excluding carboxylic acids is 1. The van der Waals surface area contributed by atoms with Gasteiger partial charge in [-0.05, 0) is 30.5 Å². The molecule has 0 aliphatic carbocycles. The highest BCUT2D eigenvalue weighted by Gasteiger charge is 2.20. The first-order valence-electron chi connectivity index (χ1n) is 9.25. The lowest BCUT2D eigenvalue weighted by atomic mass is 9.99. The van der Waals surface area contributed by atoms with Crippen LogP contribution in [-0.4, -0.2) is 45.1 Å². The molecule has 0 fully saturated rings. The molecule has 6 nitrogen and oxygen atoms in total. The van der Waals surface area contributed by atoms with Crippen LogP contribution in [0.25, 0.3) is 11.4 Å². The Labute approximate surface area is 158 Å². The number of benzene rings is 2. The van der Waals surface area contributed by atoms with E-state index in [-0.39, 0.29) is 11.9 Å². The molecule has 1 aliphatic rings. The van der Waals surface area contributed by atoms with E-state index in [1.807, 2.05) is 24.3 Å². The molecule has 1 aliphatic heterocycles. The summed E-state index contributed by atoms with van der Waals surface area (Å²) in [6.45, 7) is 4.83. The molecule has 1 atom stereocenters. The Morgan fingerprint density at radius 3 is 2.78 bits per heavy atom. The minimum atomic E-state index is -0.0908. The maximum Gasteiger partial charge on any atom is 0.252 e. The van der Waals surface area contributed by atoms with Crippen molar-refractivity contribution in [1.29, 1.82) is 0 Å². The van der Waals surface area contributed by atoms with Crippen molar-refractivity contribution in [1.82, 2.24) is 25.4 Å². The first kappa shape index (κ1) is 17.4. The smallest absolute Gasteiger partial charge is 0.252 e. The quantitative estimate of drug-likeness (QED) is 0.733. The van der Waals surface area contributed by atoms with Gasteiger partial charge in [0.1, 0.15) is 6.33 Å². The number of hydrogen-bond donors (Lipinski definition) is 2. The van der Waals surface area contributed by atoms with Crippen molar-refractivity contribution in [2.75, 3.05) is 13.1 Å². The number of amides is 1. The number of fused-ring (bicyclic) bond motifs is 1. The van der Waals surface area contributed by atoms with Crippen LogP contribution in [0, 0.1) is 0 Å². The van der Waals surface area contributed by atoms with Crippen molar-refractivity contribution >= 4 is 5.91 Å². The Balaban J connectivity index is 1.41. The van der Waals surface area contributed by atoms with Gasteiger partial charge in [0.05, 0.1) is 5.56 Å². The minimum absolute atomic E-state index is 0.0468. The van der Waals surface area contributed by atoms with E-state index in [1.54, 1.807) is 0 Å². The monoisotopic (exact) mass is 361 g/mol. The molecule has 0 bridgehead atoms. The van der Waals surface area contributed by atoms with E-state index in [9.17, 15) is 4.79 Å². The molecule has 27 heavy (non-hydrogen) atoms. The van der Waals surface area contributed by atoms with Crippen LogP contribution in [0.15, 0.2) is 54.9 Å². The predicted octanol–water partition coefficient (Wildman–Crippen LogP) is 2.65. The molecule has 138 valence electrons. The Kier molecular flexibility index (Phi) is 4.98. The van der Waals surface area contributed by atoms with Crippen LogP contribution in [0.5, 0.6) is 0 Å². The molecule has 0 radical (unpaired) electrons. The first-order chi connectivity index (χ1) is 13.2. The standard InChI is InChI=1S/C21H23N5O/c1-15(12-26-11-10-16-6-2-3-7-17(16)13-26)24-21(27)19-9-5-4-8-18(19)20-22-14-23-25-20/h2-9,14-15H,10-13H2,1H3,(H,24,27)(H,22,23,25)/t15-/m0/s1. The summed E-state index contributed by atoms with van der Waals surface area (Å²) in [6.07, 6.45) is 2.51. The minimum Gasteiger partial charge on any atom is -0.348 e. The van der Waals surface area contributed by atoms with Crippen molar-refractivity contribution in [3.8, 4) is 11.4 Å². The molecule has 2 aromatic carbocycles. The summed E-state index contributed by atoms with van der Waals surface area (Å²) in [7, 11) is 0. The van der Waals surface area contributed by atoms with Crippen molar-refractivity contribution in [3.63, 3.8) is 0 Å². The second kappa shape index (κ2) is 7.72. The number of aromatic nitrogens is 3. The molecule has 0 saturated heterocycles. The Hall–Kier alpha value is -2.99. The number of H-pyrrole nitrogens is 1. The molecule has 0 saturated carbocycles. The zero-order valence-electron chi connectivity index (χ0n) is 15.4. The predicted molar refractivity (Wildman–Crippen MR) is 104 cm³/mol.